The van der Waals surface area contributed by atoms with Crippen LogP contribution >= 0.6 is 11.3 Å². The van der Waals surface area contributed by atoms with E-state index in [1.165, 1.54) is 11.3 Å². The van der Waals surface area contributed by atoms with Gasteiger partial charge in [-0.1, -0.05) is 11.3 Å². The molecule has 0 unspecified atom stereocenters. The molecule has 0 spiro atoms. The normalized spacial score (nSPS) is 13.2. The van der Waals surface area contributed by atoms with Crippen molar-refractivity contribution in [2.45, 2.75) is 33.6 Å². The van der Waals surface area contributed by atoms with Gasteiger partial charge in [0.25, 0.3) is 0 Å². The number of carbonyl (C=O) groups is 1. The van der Waals surface area contributed by atoms with Crippen molar-refractivity contribution in [1.29, 1.82) is 0 Å². The highest BCUT2D eigenvalue weighted by molar-refractivity contribution is 7.22. The molecule has 8 nitrogen and oxygen atoms in total. The standard InChI is InChI=1S/C21H21N5O3S/c1-11-8-19-22-12(2)14(13(3)26(19)25-11)4-5-20(27)24-21-23-15-9-16-17(10-18(15)30-21)29-7-6-28-16/h8-10H,4-7H2,1-3H3,(H,23,24,27). The second-order valence-corrected chi connectivity index (χ2v) is 8.38. The molecule has 0 saturated carbocycles. The van der Waals surface area contributed by atoms with Gasteiger partial charge in [0.05, 0.1) is 15.9 Å². The first kappa shape index (κ1) is 18.8. The van der Waals surface area contributed by atoms with Crippen LogP contribution in [0.25, 0.3) is 15.9 Å². The summed E-state index contributed by atoms with van der Waals surface area (Å²) >= 11 is 1.43. The average molecular weight is 423 g/mol. The molecular weight excluding hydrogens is 402 g/mol. The van der Waals surface area contributed by atoms with Crippen molar-refractivity contribution in [3.63, 3.8) is 0 Å². The number of hydrogen-bond donors (Lipinski definition) is 1. The Morgan fingerprint density at radius 1 is 1.13 bits per heavy atom. The minimum Gasteiger partial charge on any atom is -0.486 e. The van der Waals surface area contributed by atoms with Crippen molar-refractivity contribution in [3.05, 3.63) is 40.8 Å². The maximum absolute atomic E-state index is 12.6. The molecule has 3 aromatic heterocycles. The SMILES string of the molecule is Cc1cc2nc(C)c(CCC(=O)Nc3nc4cc5c(cc4s3)OCCO5)c(C)n2n1. The number of nitrogens with zero attached hydrogens (tertiary/aromatic N) is 4. The second-order valence-electron chi connectivity index (χ2n) is 7.35. The fourth-order valence-electron chi connectivity index (χ4n) is 3.74. The molecule has 0 bridgehead atoms. The van der Waals surface area contributed by atoms with Crippen LogP contribution in [0.15, 0.2) is 18.2 Å². The lowest BCUT2D eigenvalue weighted by molar-refractivity contribution is -0.116. The van der Waals surface area contributed by atoms with Crippen LogP contribution in [-0.2, 0) is 11.2 Å². The molecule has 5 rings (SSSR count). The number of ether oxygens (including phenoxy) is 2. The van der Waals surface area contributed by atoms with Crippen LogP contribution in [0.4, 0.5) is 5.13 Å². The summed E-state index contributed by atoms with van der Waals surface area (Å²) in [7, 11) is 0. The monoisotopic (exact) mass is 423 g/mol. The Bertz CT molecular complexity index is 1250. The van der Waals surface area contributed by atoms with Gasteiger partial charge in [0.1, 0.15) is 13.2 Å². The molecule has 4 heterocycles. The van der Waals surface area contributed by atoms with Gasteiger partial charge in [-0.25, -0.2) is 14.5 Å². The third kappa shape index (κ3) is 3.35. The van der Waals surface area contributed by atoms with Crippen molar-refractivity contribution in [2.75, 3.05) is 18.5 Å². The van der Waals surface area contributed by atoms with Gasteiger partial charge in [-0.05, 0) is 32.8 Å². The molecule has 1 aromatic carbocycles. The molecule has 1 amide bonds. The van der Waals surface area contributed by atoms with Crippen LogP contribution in [0.5, 0.6) is 11.5 Å². The Kier molecular flexibility index (Phi) is 4.54. The number of rotatable bonds is 4. The van der Waals surface area contributed by atoms with Gasteiger partial charge in [0.2, 0.25) is 5.91 Å². The zero-order valence-electron chi connectivity index (χ0n) is 17.0. The zero-order valence-corrected chi connectivity index (χ0v) is 17.8. The largest absolute Gasteiger partial charge is 0.486 e. The molecule has 4 aromatic rings. The number of fused-ring (bicyclic) bond motifs is 3. The van der Waals surface area contributed by atoms with Gasteiger partial charge in [-0.2, -0.15) is 5.10 Å². The number of benzene rings is 1. The molecule has 0 atom stereocenters. The summed E-state index contributed by atoms with van der Waals surface area (Å²) in [4.78, 5) is 21.7. The van der Waals surface area contributed by atoms with Gasteiger partial charge in [0.15, 0.2) is 22.3 Å². The predicted molar refractivity (Wildman–Crippen MR) is 115 cm³/mol. The quantitative estimate of drug-likeness (QED) is 0.539. The van der Waals surface area contributed by atoms with Crippen molar-refractivity contribution in [3.8, 4) is 11.5 Å². The number of hydrogen-bond acceptors (Lipinski definition) is 7. The fourth-order valence-corrected chi connectivity index (χ4v) is 4.63. The number of amides is 1. The van der Waals surface area contributed by atoms with Crippen LogP contribution in [0, 0.1) is 20.8 Å². The summed E-state index contributed by atoms with van der Waals surface area (Å²) in [5, 5.41) is 7.98. The van der Waals surface area contributed by atoms with Crippen LogP contribution in [0.3, 0.4) is 0 Å². The lowest BCUT2D eigenvalue weighted by Gasteiger charge is -2.17. The Morgan fingerprint density at radius 3 is 2.70 bits per heavy atom. The Balaban J connectivity index is 1.31. The highest BCUT2D eigenvalue weighted by Crippen LogP contribution is 2.37. The fraction of sp³-hybridized carbons (Fsp3) is 0.333. The Hall–Kier alpha value is -3.20. The smallest absolute Gasteiger partial charge is 0.226 e. The first-order valence-corrected chi connectivity index (χ1v) is 10.6. The van der Waals surface area contributed by atoms with Gasteiger partial charge < -0.3 is 14.8 Å². The first-order chi connectivity index (χ1) is 14.5. The van der Waals surface area contributed by atoms with Gasteiger partial charge in [-0.15, -0.1) is 0 Å². The maximum Gasteiger partial charge on any atom is 0.226 e. The van der Waals surface area contributed by atoms with E-state index in [0.717, 1.165) is 44.3 Å². The van der Waals surface area contributed by atoms with Crippen LogP contribution < -0.4 is 14.8 Å². The van der Waals surface area contributed by atoms with E-state index in [1.807, 2.05) is 43.5 Å². The number of aryl methyl sites for hydroxylation is 3. The van der Waals surface area contributed by atoms with E-state index in [0.29, 0.717) is 36.9 Å². The summed E-state index contributed by atoms with van der Waals surface area (Å²) in [6.07, 6.45) is 0.931. The molecular formula is C21H21N5O3S. The van der Waals surface area contributed by atoms with Crippen LogP contribution in [0.2, 0.25) is 0 Å². The highest BCUT2D eigenvalue weighted by atomic mass is 32.1. The molecule has 30 heavy (non-hydrogen) atoms. The number of anilines is 1. The molecule has 0 aliphatic carbocycles. The molecule has 0 radical (unpaired) electrons. The lowest BCUT2D eigenvalue weighted by Crippen LogP contribution is -2.15. The summed E-state index contributed by atoms with van der Waals surface area (Å²) in [6.45, 7) is 7.01. The third-order valence-electron chi connectivity index (χ3n) is 5.19. The molecule has 0 saturated heterocycles. The van der Waals surface area contributed by atoms with E-state index >= 15 is 0 Å². The van der Waals surface area contributed by atoms with E-state index in [9.17, 15) is 4.79 Å². The predicted octanol–water partition coefficient (Wildman–Crippen LogP) is 3.61. The average Bonchev–Trinajstić information content (AvgIpc) is 3.27. The molecule has 1 N–H and O–H groups in total. The molecule has 1 aliphatic rings. The van der Waals surface area contributed by atoms with Gasteiger partial charge in [0, 0.05) is 36.0 Å². The van der Waals surface area contributed by atoms with E-state index in [1.54, 1.807) is 0 Å². The van der Waals surface area contributed by atoms with E-state index in [-0.39, 0.29) is 5.91 Å². The van der Waals surface area contributed by atoms with Crippen LogP contribution in [0.1, 0.15) is 29.1 Å². The number of thiazole rings is 1. The third-order valence-corrected chi connectivity index (χ3v) is 6.12. The lowest BCUT2D eigenvalue weighted by atomic mass is 10.1. The first-order valence-electron chi connectivity index (χ1n) is 9.80. The van der Waals surface area contributed by atoms with Crippen LogP contribution in [-0.4, -0.2) is 38.7 Å². The Labute approximate surface area is 176 Å². The van der Waals surface area contributed by atoms with E-state index in [4.69, 9.17) is 9.47 Å². The summed E-state index contributed by atoms with van der Waals surface area (Å²) in [5.74, 6) is 1.33. The van der Waals surface area contributed by atoms with Crippen molar-refractivity contribution < 1.29 is 14.3 Å². The molecule has 9 heteroatoms. The number of nitrogens with one attached hydrogen (secondary N) is 1. The van der Waals surface area contributed by atoms with E-state index in [2.05, 4.69) is 20.4 Å². The number of aromatic nitrogens is 4. The Morgan fingerprint density at radius 2 is 1.90 bits per heavy atom. The minimum atomic E-state index is -0.0816. The zero-order chi connectivity index (χ0) is 20.8. The topological polar surface area (TPSA) is 90.6 Å². The highest BCUT2D eigenvalue weighted by Gasteiger charge is 2.17. The summed E-state index contributed by atoms with van der Waals surface area (Å²) in [6, 6.07) is 5.73. The summed E-state index contributed by atoms with van der Waals surface area (Å²) < 4.78 is 14.0. The molecule has 1 aliphatic heterocycles. The molecule has 154 valence electrons. The summed E-state index contributed by atoms with van der Waals surface area (Å²) in [5.41, 5.74) is 5.54. The van der Waals surface area contributed by atoms with Gasteiger partial charge in [-0.3, -0.25) is 4.79 Å². The second kappa shape index (κ2) is 7.24. The van der Waals surface area contributed by atoms with Crippen molar-refractivity contribution >= 4 is 38.2 Å². The van der Waals surface area contributed by atoms with Crippen molar-refractivity contribution in [2.24, 2.45) is 0 Å². The number of carbonyl (C=O) groups excluding carboxylic acids is 1. The van der Waals surface area contributed by atoms with Crippen molar-refractivity contribution in [1.82, 2.24) is 19.6 Å². The van der Waals surface area contributed by atoms with E-state index < -0.39 is 0 Å². The maximum atomic E-state index is 12.6. The minimum absolute atomic E-state index is 0.0816. The van der Waals surface area contributed by atoms with Gasteiger partial charge >= 0.3 is 0 Å². The molecule has 0 fully saturated rings.